The van der Waals surface area contributed by atoms with Crippen molar-refractivity contribution in [3.8, 4) is 0 Å². The van der Waals surface area contributed by atoms with Gasteiger partial charge in [0.25, 0.3) is 0 Å². The van der Waals surface area contributed by atoms with Gasteiger partial charge in [-0.15, -0.1) is 11.8 Å². The van der Waals surface area contributed by atoms with Crippen molar-refractivity contribution in [1.82, 2.24) is 9.97 Å². The van der Waals surface area contributed by atoms with Crippen LogP contribution in [0, 0.1) is 0 Å². The van der Waals surface area contributed by atoms with Crippen LogP contribution in [0.3, 0.4) is 0 Å². The lowest BCUT2D eigenvalue weighted by atomic mass is 9.95. The first-order chi connectivity index (χ1) is 13.1. The molecule has 2 N–H and O–H groups in total. The minimum Gasteiger partial charge on any atom is -0.477 e. The summed E-state index contributed by atoms with van der Waals surface area (Å²) < 4.78 is 0. The molecule has 0 spiro atoms. The van der Waals surface area contributed by atoms with Crippen LogP contribution in [0.2, 0.25) is 5.02 Å². The Kier molecular flexibility index (Phi) is 7.26. The lowest BCUT2D eigenvalue weighted by Gasteiger charge is -2.24. The molecular formula is C19H22ClN3O2S2. The Hall–Kier alpha value is -1.44. The third-order valence-corrected chi connectivity index (χ3v) is 6.46. The number of aromatic carboxylic acids is 1. The van der Waals surface area contributed by atoms with Crippen LogP contribution in [0.5, 0.6) is 0 Å². The van der Waals surface area contributed by atoms with Gasteiger partial charge in [0.05, 0.1) is 0 Å². The van der Waals surface area contributed by atoms with Crippen molar-refractivity contribution in [1.29, 1.82) is 0 Å². The SMILES string of the molecule is CSc1nc(NC2CCCCC2)c(C(=O)O)c(SCc2ccccc2Cl)n1. The summed E-state index contributed by atoms with van der Waals surface area (Å²) in [5.41, 5.74) is 1.10. The highest BCUT2D eigenvalue weighted by molar-refractivity contribution is 7.99. The Morgan fingerprint density at radius 1 is 1.26 bits per heavy atom. The number of aromatic nitrogens is 2. The summed E-state index contributed by atoms with van der Waals surface area (Å²) in [4.78, 5) is 20.9. The summed E-state index contributed by atoms with van der Waals surface area (Å²) in [7, 11) is 0. The molecule has 1 aliphatic rings. The van der Waals surface area contributed by atoms with Gasteiger partial charge in [-0.25, -0.2) is 14.8 Å². The normalized spacial score (nSPS) is 14.9. The predicted molar refractivity (Wildman–Crippen MR) is 112 cm³/mol. The molecule has 1 aromatic carbocycles. The first-order valence-corrected chi connectivity index (χ1v) is 11.5. The molecule has 1 fully saturated rings. The van der Waals surface area contributed by atoms with E-state index in [-0.39, 0.29) is 11.6 Å². The van der Waals surface area contributed by atoms with Crippen LogP contribution in [0.15, 0.2) is 34.4 Å². The first-order valence-electron chi connectivity index (χ1n) is 8.90. The quantitative estimate of drug-likeness (QED) is 0.341. The number of carboxylic acid groups (broad SMARTS) is 1. The molecule has 0 unspecified atom stereocenters. The third kappa shape index (κ3) is 5.30. The molecule has 0 radical (unpaired) electrons. The van der Waals surface area contributed by atoms with Crippen molar-refractivity contribution >= 4 is 46.9 Å². The van der Waals surface area contributed by atoms with Gasteiger partial charge in [-0.1, -0.05) is 60.8 Å². The second kappa shape index (κ2) is 9.66. The van der Waals surface area contributed by atoms with Crippen molar-refractivity contribution in [2.45, 2.75) is 54.1 Å². The number of hydrogen-bond donors (Lipinski definition) is 2. The van der Waals surface area contributed by atoms with Gasteiger partial charge < -0.3 is 10.4 Å². The molecule has 1 saturated carbocycles. The molecule has 8 heteroatoms. The summed E-state index contributed by atoms with van der Waals surface area (Å²) in [5.74, 6) is -0.0359. The van der Waals surface area contributed by atoms with Gasteiger partial charge in [0.1, 0.15) is 16.4 Å². The molecule has 0 saturated heterocycles. The zero-order chi connectivity index (χ0) is 19.2. The highest BCUT2D eigenvalue weighted by Gasteiger charge is 2.24. The third-order valence-electron chi connectivity index (χ3n) is 4.52. The molecule has 5 nitrogen and oxygen atoms in total. The minimum absolute atomic E-state index is 0.149. The lowest BCUT2D eigenvalue weighted by molar-refractivity contribution is 0.0692. The van der Waals surface area contributed by atoms with Crippen molar-refractivity contribution in [3.63, 3.8) is 0 Å². The number of carbonyl (C=O) groups is 1. The van der Waals surface area contributed by atoms with Crippen LogP contribution in [-0.4, -0.2) is 33.3 Å². The van der Waals surface area contributed by atoms with Gasteiger partial charge in [0, 0.05) is 16.8 Å². The van der Waals surface area contributed by atoms with Gasteiger partial charge in [0.2, 0.25) is 0 Å². The summed E-state index contributed by atoms with van der Waals surface area (Å²) >= 11 is 9.02. The largest absolute Gasteiger partial charge is 0.477 e. The van der Waals surface area contributed by atoms with Crippen molar-refractivity contribution in [2.75, 3.05) is 11.6 Å². The van der Waals surface area contributed by atoms with E-state index in [0.717, 1.165) is 31.2 Å². The van der Waals surface area contributed by atoms with E-state index in [0.29, 0.717) is 26.8 Å². The van der Waals surface area contributed by atoms with Gasteiger partial charge in [-0.2, -0.15) is 0 Å². The maximum Gasteiger partial charge on any atom is 0.342 e. The average molecular weight is 424 g/mol. The van der Waals surface area contributed by atoms with Crippen LogP contribution in [0.25, 0.3) is 0 Å². The van der Waals surface area contributed by atoms with E-state index < -0.39 is 5.97 Å². The fraction of sp³-hybridized carbons (Fsp3) is 0.421. The number of nitrogens with zero attached hydrogens (tertiary/aromatic N) is 2. The number of nitrogens with one attached hydrogen (secondary N) is 1. The molecule has 144 valence electrons. The highest BCUT2D eigenvalue weighted by Crippen LogP contribution is 2.33. The van der Waals surface area contributed by atoms with Crippen LogP contribution < -0.4 is 5.32 Å². The Labute approximate surface area is 172 Å². The number of rotatable bonds is 7. The Morgan fingerprint density at radius 3 is 2.67 bits per heavy atom. The second-order valence-electron chi connectivity index (χ2n) is 6.40. The maximum atomic E-state index is 12.0. The molecule has 0 atom stereocenters. The topological polar surface area (TPSA) is 75.1 Å². The van der Waals surface area contributed by atoms with Crippen molar-refractivity contribution in [3.05, 3.63) is 40.4 Å². The molecule has 0 aliphatic heterocycles. The van der Waals surface area contributed by atoms with Gasteiger partial charge in [-0.3, -0.25) is 0 Å². The molecular weight excluding hydrogens is 402 g/mol. The predicted octanol–water partition coefficient (Wildman–Crippen LogP) is 5.59. The number of thioether (sulfide) groups is 2. The monoisotopic (exact) mass is 423 g/mol. The molecule has 0 bridgehead atoms. The highest BCUT2D eigenvalue weighted by atomic mass is 35.5. The standard InChI is InChI=1S/C19H22ClN3O2S2/c1-26-19-22-16(21-13-8-3-2-4-9-13)15(18(24)25)17(23-19)27-11-12-7-5-6-10-14(12)20/h5-7,10,13H,2-4,8-9,11H2,1H3,(H,24,25)(H,21,22,23). The maximum absolute atomic E-state index is 12.0. The van der Waals surface area contributed by atoms with E-state index in [9.17, 15) is 9.90 Å². The van der Waals surface area contributed by atoms with E-state index in [1.807, 2.05) is 30.5 Å². The van der Waals surface area contributed by atoms with Crippen molar-refractivity contribution < 1.29 is 9.90 Å². The van der Waals surface area contributed by atoms with Gasteiger partial charge >= 0.3 is 5.97 Å². The fourth-order valence-electron chi connectivity index (χ4n) is 3.12. The number of halogens is 1. The van der Waals surface area contributed by atoms with Crippen LogP contribution in [-0.2, 0) is 5.75 Å². The van der Waals surface area contributed by atoms with E-state index >= 15 is 0 Å². The summed E-state index contributed by atoms with van der Waals surface area (Å²) in [6.45, 7) is 0. The van der Waals surface area contributed by atoms with Crippen molar-refractivity contribution in [2.24, 2.45) is 0 Å². The zero-order valence-corrected chi connectivity index (χ0v) is 17.5. The second-order valence-corrected chi connectivity index (χ2v) is 8.55. The lowest BCUT2D eigenvalue weighted by Crippen LogP contribution is -2.25. The summed E-state index contributed by atoms with van der Waals surface area (Å²) in [6.07, 6.45) is 7.54. The number of anilines is 1. The number of benzene rings is 1. The van der Waals surface area contributed by atoms with E-state index in [1.54, 1.807) is 0 Å². The molecule has 27 heavy (non-hydrogen) atoms. The van der Waals surface area contributed by atoms with Gasteiger partial charge in [-0.05, 0) is 30.7 Å². The van der Waals surface area contributed by atoms with E-state index in [1.165, 1.54) is 29.9 Å². The molecule has 3 rings (SSSR count). The minimum atomic E-state index is -1.01. The fourth-order valence-corrected chi connectivity index (χ4v) is 4.84. The number of hydrogen-bond acceptors (Lipinski definition) is 6. The molecule has 0 amide bonds. The smallest absolute Gasteiger partial charge is 0.342 e. The molecule has 1 aromatic heterocycles. The summed E-state index contributed by atoms with van der Waals surface area (Å²) in [6, 6.07) is 7.83. The van der Waals surface area contributed by atoms with Gasteiger partial charge in [0.15, 0.2) is 5.16 Å². The molecule has 2 aromatic rings. The van der Waals surface area contributed by atoms with Crippen LogP contribution in [0.4, 0.5) is 5.82 Å². The molecule has 1 heterocycles. The van der Waals surface area contributed by atoms with E-state index in [2.05, 4.69) is 15.3 Å². The number of carboxylic acids is 1. The zero-order valence-electron chi connectivity index (χ0n) is 15.1. The Bertz CT molecular complexity index is 814. The Morgan fingerprint density at radius 2 is 2.00 bits per heavy atom. The van der Waals surface area contributed by atoms with E-state index in [4.69, 9.17) is 11.6 Å². The average Bonchev–Trinajstić information content (AvgIpc) is 2.67. The summed E-state index contributed by atoms with van der Waals surface area (Å²) in [5, 5.41) is 14.9. The van der Waals surface area contributed by atoms with Crippen LogP contribution >= 0.6 is 35.1 Å². The molecule has 1 aliphatic carbocycles. The Balaban J connectivity index is 1.89. The first kappa shape index (κ1) is 20.3. The van der Waals surface area contributed by atoms with Crippen LogP contribution in [0.1, 0.15) is 48.0 Å².